The first kappa shape index (κ1) is 14.0. The molecule has 0 aliphatic carbocycles. The van der Waals surface area contributed by atoms with Gasteiger partial charge in [-0.1, -0.05) is 19.9 Å². The lowest BCUT2D eigenvalue weighted by Crippen LogP contribution is -2.16. The van der Waals surface area contributed by atoms with Gasteiger partial charge in [-0.05, 0) is 38.8 Å². The van der Waals surface area contributed by atoms with E-state index >= 15 is 0 Å². The van der Waals surface area contributed by atoms with Gasteiger partial charge in [0, 0.05) is 18.3 Å². The van der Waals surface area contributed by atoms with Crippen LogP contribution < -0.4 is 10.1 Å². The second kappa shape index (κ2) is 6.60. The summed E-state index contributed by atoms with van der Waals surface area (Å²) >= 11 is 0. The molecule has 0 spiro atoms. The summed E-state index contributed by atoms with van der Waals surface area (Å²) in [6.45, 7) is 9.37. The van der Waals surface area contributed by atoms with Gasteiger partial charge >= 0.3 is 0 Å². The molecular formula is C14H24N2O. The molecule has 0 radical (unpaired) electrons. The molecule has 1 N–H and O–H groups in total. The normalized spacial score (nSPS) is 12.8. The number of aromatic nitrogens is 1. The lowest BCUT2D eigenvalue weighted by Gasteiger charge is -2.16. The van der Waals surface area contributed by atoms with Crippen molar-refractivity contribution in [2.45, 2.75) is 46.8 Å². The van der Waals surface area contributed by atoms with E-state index in [-0.39, 0.29) is 6.10 Å². The smallest absolute Gasteiger partial charge is 0.213 e. The average molecular weight is 236 g/mol. The Morgan fingerprint density at radius 3 is 2.53 bits per heavy atom. The molecule has 0 saturated carbocycles. The summed E-state index contributed by atoms with van der Waals surface area (Å²) in [7, 11) is 1.94. The van der Waals surface area contributed by atoms with Crippen molar-refractivity contribution in [3.8, 4) is 5.88 Å². The summed E-state index contributed by atoms with van der Waals surface area (Å²) in [5.74, 6) is 1.38. The number of hydrogen-bond donors (Lipinski definition) is 1. The van der Waals surface area contributed by atoms with Crippen LogP contribution in [0.1, 0.15) is 38.4 Å². The van der Waals surface area contributed by atoms with Crippen LogP contribution in [-0.2, 0) is 6.54 Å². The minimum atomic E-state index is 0.219. The Hall–Kier alpha value is -1.09. The van der Waals surface area contributed by atoms with Gasteiger partial charge in [0.2, 0.25) is 5.88 Å². The predicted molar refractivity (Wildman–Crippen MR) is 71.3 cm³/mol. The third kappa shape index (κ3) is 4.73. The van der Waals surface area contributed by atoms with Gasteiger partial charge in [0.1, 0.15) is 0 Å². The minimum Gasteiger partial charge on any atom is -0.475 e. The fourth-order valence-corrected chi connectivity index (χ4v) is 1.93. The van der Waals surface area contributed by atoms with E-state index in [0.717, 1.165) is 24.5 Å². The fraction of sp³-hybridized carbons (Fsp3) is 0.643. The molecule has 3 nitrogen and oxygen atoms in total. The Bertz CT molecular complexity index is 350. The van der Waals surface area contributed by atoms with E-state index in [1.165, 1.54) is 5.56 Å². The van der Waals surface area contributed by atoms with Gasteiger partial charge < -0.3 is 10.1 Å². The number of rotatable bonds is 6. The van der Waals surface area contributed by atoms with Gasteiger partial charge in [0.25, 0.3) is 0 Å². The average Bonchev–Trinajstić information content (AvgIpc) is 2.21. The Kier molecular flexibility index (Phi) is 5.42. The highest BCUT2D eigenvalue weighted by atomic mass is 16.5. The zero-order valence-electron chi connectivity index (χ0n) is 11.6. The van der Waals surface area contributed by atoms with Gasteiger partial charge in [-0.15, -0.1) is 0 Å². The highest BCUT2D eigenvalue weighted by molar-refractivity contribution is 5.24. The van der Waals surface area contributed by atoms with Crippen molar-refractivity contribution in [3.05, 3.63) is 23.4 Å². The molecule has 1 unspecified atom stereocenters. The minimum absolute atomic E-state index is 0.219. The lowest BCUT2D eigenvalue weighted by atomic mass is 10.1. The first-order valence-electron chi connectivity index (χ1n) is 6.30. The molecule has 17 heavy (non-hydrogen) atoms. The SMILES string of the molecule is CNCc1ccc(OC(C)CC(C)C)nc1C. The Labute approximate surface area is 105 Å². The maximum absolute atomic E-state index is 5.81. The topological polar surface area (TPSA) is 34.1 Å². The number of nitrogens with zero attached hydrogens (tertiary/aromatic N) is 1. The maximum Gasteiger partial charge on any atom is 0.213 e. The highest BCUT2D eigenvalue weighted by Gasteiger charge is 2.08. The predicted octanol–water partition coefficient (Wildman–Crippen LogP) is 2.92. The number of ether oxygens (including phenoxy) is 1. The van der Waals surface area contributed by atoms with Crippen molar-refractivity contribution in [2.24, 2.45) is 5.92 Å². The van der Waals surface area contributed by atoms with E-state index in [9.17, 15) is 0 Å². The fourth-order valence-electron chi connectivity index (χ4n) is 1.93. The number of hydrogen-bond acceptors (Lipinski definition) is 3. The monoisotopic (exact) mass is 236 g/mol. The zero-order chi connectivity index (χ0) is 12.8. The molecule has 3 heteroatoms. The second-order valence-electron chi connectivity index (χ2n) is 4.98. The summed E-state index contributed by atoms with van der Waals surface area (Å²) in [4.78, 5) is 4.48. The second-order valence-corrected chi connectivity index (χ2v) is 4.98. The molecule has 1 atom stereocenters. The van der Waals surface area contributed by atoms with Crippen LogP contribution in [0.3, 0.4) is 0 Å². The quantitative estimate of drug-likeness (QED) is 0.824. The largest absolute Gasteiger partial charge is 0.475 e. The van der Waals surface area contributed by atoms with Crippen molar-refractivity contribution in [2.75, 3.05) is 7.05 Å². The molecule has 0 fully saturated rings. The maximum atomic E-state index is 5.81. The van der Waals surface area contributed by atoms with Crippen molar-refractivity contribution in [1.29, 1.82) is 0 Å². The molecule has 1 rings (SSSR count). The Morgan fingerprint density at radius 2 is 2.00 bits per heavy atom. The third-order valence-electron chi connectivity index (χ3n) is 2.66. The Morgan fingerprint density at radius 1 is 1.29 bits per heavy atom. The van der Waals surface area contributed by atoms with E-state index in [2.05, 4.69) is 37.1 Å². The van der Waals surface area contributed by atoms with Crippen molar-refractivity contribution >= 4 is 0 Å². The molecule has 0 aromatic carbocycles. The van der Waals surface area contributed by atoms with Crippen LogP contribution in [0, 0.1) is 12.8 Å². The van der Waals surface area contributed by atoms with Gasteiger partial charge in [-0.3, -0.25) is 0 Å². The number of pyridine rings is 1. The molecule has 0 amide bonds. The van der Waals surface area contributed by atoms with Gasteiger partial charge in [0.15, 0.2) is 0 Å². The molecule has 0 aliphatic rings. The van der Waals surface area contributed by atoms with Crippen LogP contribution in [0.15, 0.2) is 12.1 Å². The van der Waals surface area contributed by atoms with E-state index in [1.807, 2.05) is 20.0 Å². The standard InChI is InChI=1S/C14H24N2O/c1-10(2)8-11(3)17-14-7-6-13(9-15-5)12(4)16-14/h6-7,10-11,15H,8-9H2,1-5H3. The lowest BCUT2D eigenvalue weighted by molar-refractivity contribution is 0.185. The van der Waals surface area contributed by atoms with E-state index in [1.54, 1.807) is 0 Å². The molecule has 1 aromatic heterocycles. The van der Waals surface area contributed by atoms with Crippen molar-refractivity contribution in [3.63, 3.8) is 0 Å². The number of nitrogens with one attached hydrogen (secondary N) is 1. The molecule has 0 bridgehead atoms. The van der Waals surface area contributed by atoms with E-state index in [0.29, 0.717) is 5.92 Å². The Balaban J connectivity index is 2.63. The molecule has 1 heterocycles. The summed E-state index contributed by atoms with van der Waals surface area (Å²) in [6, 6.07) is 4.03. The van der Waals surface area contributed by atoms with Crippen molar-refractivity contribution < 1.29 is 4.74 Å². The van der Waals surface area contributed by atoms with E-state index in [4.69, 9.17) is 4.74 Å². The molecule has 0 aliphatic heterocycles. The third-order valence-corrected chi connectivity index (χ3v) is 2.66. The van der Waals surface area contributed by atoms with Gasteiger partial charge in [-0.25, -0.2) is 4.98 Å². The summed E-state index contributed by atoms with van der Waals surface area (Å²) in [5, 5.41) is 3.13. The molecule has 0 saturated heterocycles. The van der Waals surface area contributed by atoms with Crippen molar-refractivity contribution in [1.82, 2.24) is 10.3 Å². The van der Waals surface area contributed by atoms with Crippen LogP contribution in [0.25, 0.3) is 0 Å². The first-order chi connectivity index (χ1) is 8.02. The molecule has 96 valence electrons. The zero-order valence-corrected chi connectivity index (χ0v) is 11.6. The van der Waals surface area contributed by atoms with Gasteiger partial charge in [0.05, 0.1) is 6.10 Å². The summed E-state index contributed by atoms with van der Waals surface area (Å²) < 4.78 is 5.81. The summed E-state index contributed by atoms with van der Waals surface area (Å²) in [5.41, 5.74) is 2.25. The van der Waals surface area contributed by atoms with E-state index < -0.39 is 0 Å². The van der Waals surface area contributed by atoms with Crippen LogP contribution in [0.5, 0.6) is 5.88 Å². The van der Waals surface area contributed by atoms with Crippen LogP contribution in [0.2, 0.25) is 0 Å². The molecular weight excluding hydrogens is 212 g/mol. The summed E-state index contributed by atoms with van der Waals surface area (Å²) in [6.07, 6.45) is 1.27. The molecule has 1 aromatic rings. The number of aryl methyl sites for hydroxylation is 1. The first-order valence-corrected chi connectivity index (χ1v) is 6.30. The van der Waals surface area contributed by atoms with Crippen LogP contribution in [-0.4, -0.2) is 18.1 Å². The van der Waals surface area contributed by atoms with Crippen LogP contribution in [0.4, 0.5) is 0 Å². The van der Waals surface area contributed by atoms with Crippen LogP contribution >= 0.6 is 0 Å². The van der Waals surface area contributed by atoms with Gasteiger partial charge in [-0.2, -0.15) is 0 Å². The highest BCUT2D eigenvalue weighted by Crippen LogP contribution is 2.16.